The number of ether oxygens (including phenoxy) is 1. The Hall–Kier alpha value is -3.63. The van der Waals surface area contributed by atoms with Gasteiger partial charge in [0, 0.05) is 12.1 Å². The number of thioether (sulfide) groups is 1. The van der Waals surface area contributed by atoms with Gasteiger partial charge in [0.1, 0.15) is 22.6 Å². The Kier molecular flexibility index (Phi) is 6.24. The maximum atomic E-state index is 13.1. The fourth-order valence-corrected chi connectivity index (χ4v) is 4.44. The number of hydrogen-bond donors (Lipinski definition) is 0. The number of benzene rings is 2. The van der Waals surface area contributed by atoms with Crippen LogP contribution in [0.2, 0.25) is 0 Å². The summed E-state index contributed by atoms with van der Waals surface area (Å²) in [6, 6.07) is 21.9. The number of rotatable bonds is 6. The first-order valence-electron chi connectivity index (χ1n) is 10.2. The number of pyridine rings is 1. The van der Waals surface area contributed by atoms with Crippen molar-refractivity contribution in [2.45, 2.75) is 36.5 Å². The fraction of sp³-hybridized carbons (Fsp3) is 0.200. The molecule has 1 aromatic heterocycles. The lowest BCUT2D eigenvalue weighted by Crippen LogP contribution is -2.31. The molecule has 0 saturated carbocycles. The van der Waals surface area contributed by atoms with Gasteiger partial charge in [0.05, 0.1) is 16.5 Å². The fourth-order valence-electron chi connectivity index (χ4n) is 3.34. The van der Waals surface area contributed by atoms with Gasteiger partial charge >= 0.3 is 0 Å². The average molecular weight is 444 g/mol. The molecule has 1 aliphatic rings. The lowest BCUT2D eigenvalue weighted by Gasteiger charge is -2.16. The summed E-state index contributed by atoms with van der Waals surface area (Å²) >= 11 is 1.18. The molecule has 1 saturated heterocycles. The number of nitriles is 1. The summed E-state index contributed by atoms with van der Waals surface area (Å²) in [7, 11) is 0. The molecule has 0 bridgehead atoms. The van der Waals surface area contributed by atoms with Crippen LogP contribution in [-0.2, 0) is 9.59 Å². The Morgan fingerprint density at radius 1 is 1.03 bits per heavy atom. The molecular formula is C25H21N3O3S. The number of hydrogen-bond acceptors (Lipinski definition) is 6. The Morgan fingerprint density at radius 2 is 1.72 bits per heavy atom. The molecule has 1 aliphatic heterocycles. The van der Waals surface area contributed by atoms with Gasteiger partial charge in [-0.25, -0.2) is 9.88 Å². The molecule has 0 aliphatic carbocycles. The minimum Gasteiger partial charge on any atom is -0.457 e. The largest absolute Gasteiger partial charge is 0.457 e. The second kappa shape index (κ2) is 9.25. The van der Waals surface area contributed by atoms with E-state index in [4.69, 9.17) is 4.74 Å². The summed E-state index contributed by atoms with van der Waals surface area (Å²) in [5.74, 6) is 0.920. The molecule has 7 heteroatoms. The molecule has 160 valence electrons. The number of amides is 2. The summed E-state index contributed by atoms with van der Waals surface area (Å²) in [6.45, 7) is 4.03. The number of imide groups is 1. The van der Waals surface area contributed by atoms with Gasteiger partial charge < -0.3 is 4.74 Å². The number of nitrogens with zero attached hydrogens (tertiary/aromatic N) is 3. The van der Waals surface area contributed by atoms with E-state index < -0.39 is 5.25 Å². The summed E-state index contributed by atoms with van der Waals surface area (Å²) in [5.41, 5.74) is 1.74. The molecule has 32 heavy (non-hydrogen) atoms. The van der Waals surface area contributed by atoms with Crippen molar-refractivity contribution in [3.05, 3.63) is 78.0 Å². The van der Waals surface area contributed by atoms with Crippen molar-refractivity contribution in [2.75, 3.05) is 4.90 Å². The molecule has 2 amide bonds. The lowest BCUT2D eigenvalue weighted by molar-refractivity contribution is -0.121. The summed E-state index contributed by atoms with van der Waals surface area (Å²) in [6.07, 6.45) is 0.0597. The maximum absolute atomic E-state index is 13.1. The molecular weight excluding hydrogens is 422 g/mol. The van der Waals surface area contributed by atoms with Crippen LogP contribution in [0, 0.1) is 11.3 Å². The Balaban J connectivity index is 1.51. The summed E-state index contributed by atoms with van der Waals surface area (Å²) in [5, 5.41) is 9.29. The van der Waals surface area contributed by atoms with Gasteiger partial charge in [-0.3, -0.25) is 9.59 Å². The molecule has 0 spiro atoms. The van der Waals surface area contributed by atoms with E-state index in [0.29, 0.717) is 27.8 Å². The van der Waals surface area contributed by atoms with E-state index >= 15 is 0 Å². The lowest BCUT2D eigenvalue weighted by atomic mass is 10.1. The van der Waals surface area contributed by atoms with Gasteiger partial charge in [0.2, 0.25) is 11.8 Å². The molecule has 2 heterocycles. The quantitative estimate of drug-likeness (QED) is 0.481. The zero-order chi connectivity index (χ0) is 22.7. The maximum Gasteiger partial charge on any atom is 0.247 e. The Morgan fingerprint density at radius 3 is 2.38 bits per heavy atom. The van der Waals surface area contributed by atoms with Crippen LogP contribution in [0.25, 0.3) is 0 Å². The number of aromatic nitrogens is 1. The van der Waals surface area contributed by atoms with Crippen molar-refractivity contribution in [1.82, 2.24) is 4.98 Å². The highest BCUT2D eigenvalue weighted by molar-refractivity contribution is 8.00. The van der Waals surface area contributed by atoms with Gasteiger partial charge in [0.25, 0.3) is 0 Å². The minimum absolute atomic E-state index is 0.0597. The van der Waals surface area contributed by atoms with Crippen molar-refractivity contribution < 1.29 is 14.3 Å². The van der Waals surface area contributed by atoms with E-state index in [2.05, 4.69) is 11.1 Å². The molecule has 0 N–H and O–H groups in total. The highest BCUT2D eigenvalue weighted by Crippen LogP contribution is 2.36. The molecule has 6 nitrogen and oxygen atoms in total. The van der Waals surface area contributed by atoms with E-state index in [0.717, 1.165) is 5.69 Å². The number of anilines is 1. The standard InChI is InChI=1S/C25H21N3O3S/c1-16(2)21-13-8-17(15-26)24(27-21)32-22-14-23(29)28(25(22)30)18-9-11-20(12-10-18)31-19-6-4-3-5-7-19/h3-13,16,22H,14H2,1-2H3. The first kappa shape index (κ1) is 21.6. The molecule has 1 unspecified atom stereocenters. The first-order chi connectivity index (χ1) is 15.5. The first-order valence-corrected chi connectivity index (χ1v) is 11.1. The monoisotopic (exact) mass is 443 g/mol. The zero-order valence-electron chi connectivity index (χ0n) is 17.7. The van der Waals surface area contributed by atoms with Crippen LogP contribution in [0.3, 0.4) is 0 Å². The van der Waals surface area contributed by atoms with E-state index in [1.807, 2.05) is 50.2 Å². The third-order valence-corrected chi connectivity index (χ3v) is 6.21. The average Bonchev–Trinajstić information content (AvgIpc) is 3.07. The Labute approximate surface area is 190 Å². The third-order valence-electron chi connectivity index (χ3n) is 5.03. The van der Waals surface area contributed by atoms with Crippen LogP contribution < -0.4 is 9.64 Å². The molecule has 2 aromatic carbocycles. The Bertz CT molecular complexity index is 1190. The van der Waals surface area contributed by atoms with Crippen LogP contribution in [0.5, 0.6) is 11.5 Å². The van der Waals surface area contributed by atoms with Crippen LogP contribution in [0.4, 0.5) is 5.69 Å². The van der Waals surface area contributed by atoms with Crippen molar-refractivity contribution in [3.63, 3.8) is 0 Å². The highest BCUT2D eigenvalue weighted by Gasteiger charge is 2.40. The van der Waals surface area contributed by atoms with E-state index in [1.54, 1.807) is 30.3 Å². The zero-order valence-corrected chi connectivity index (χ0v) is 18.5. The van der Waals surface area contributed by atoms with E-state index in [9.17, 15) is 14.9 Å². The van der Waals surface area contributed by atoms with Crippen molar-refractivity contribution in [3.8, 4) is 17.6 Å². The molecule has 1 atom stereocenters. The minimum atomic E-state index is -0.621. The molecule has 0 radical (unpaired) electrons. The number of carbonyl (C=O) groups excluding carboxylic acids is 2. The van der Waals surface area contributed by atoms with Gasteiger partial charge in [-0.1, -0.05) is 43.8 Å². The van der Waals surface area contributed by atoms with Crippen LogP contribution >= 0.6 is 11.8 Å². The normalized spacial score (nSPS) is 15.8. The topological polar surface area (TPSA) is 83.3 Å². The van der Waals surface area contributed by atoms with Crippen LogP contribution in [0.1, 0.15) is 37.4 Å². The summed E-state index contributed by atoms with van der Waals surface area (Å²) in [4.78, 5) is 31.5. The van der Waals surface area contributed by atoms with Crippen molar-refractivity contribution in [1.29, 1.82) is 5.26 Å². The van der Waals surface area contributed by atoms with Gasteiger partial charge in [0.15, 0.2) is 0 Å². The number of para-hydroxylation sites is 1. The summed E-state index contributed by atoms with van der Waals surface area (Å²) < 4.78 is 5.77. The van der Waals surface area contributed by atoms with Gasteiger partial charge in [-0.05, 0) is 54.4 Å². The van der Waals surface area contributed by atoms with Gasteiger partial charge in [-0.15, -0.1) is 0 Å². The predicted molar refractivity (Wildman–Crippen MR) is 123 cm³/mol. The third kappa shape index (κ3) is 4.51. The van der Waals surface area contributed by atoms with Crippen LogP contribution in [0.15, 0.2) is 71.8 Å². The van der Waals surface area contributed by atoms with E-state index in [-0.39, 0.29) is 24.2 Å². The second-order valence-corrected chi connectivity index (χ2v) is 8.83. The van der Waals surface area contributed by atoms with Crippen molar-refractivity contribution >= 4 is 29.3 Å². The number of carbonyl (C=O) groups is 2. The molecule has 4 rings (SSSR count). The van der Waals surface area contributed by atoms with Gasteiger partial charge in [-0.2, -0.15) is 5.26 Å². The highest BCUT2D eigenvalue weighted by atomic mass is 32.2. The van der Waals surface area contributed by atoms with Crippen LogP contribution in [-0.4, -0.2) is 22.0 Å². The van der Waals surface area contributed by atoms with E-state index in [1.165, 1.54) is 16.7 Å². The SMILES string of the molecule is CC(C)c1ccc(C#N)c(SC2CC(=O)N(c3ccc(Oc4ccccc4)cc3)C2=O)n1. The second-order valence-electron chi connectivity index (χ2n) is 7.64. The molecule has 1 fully saturated rings. The molecule has 3 aromatic rings. The van der Waals surface area contributed by atoms with Crippen molar-refractivity contribution in [2.24, 2.45) is 0 Å². The predicted octanol–water partition coefficient (Wildman–Crippen LogP) is 5.29. The smallest absolute Gasteiger partial charge is 0.247 e.